The van der Waals surface area contributed by atoms with Gasteiger partial charge in [0.1, 0.15) is 5.75 Å². The summed E-state index contributed by atoms with van der Waals surface area (Å²) in [4.78, 5) is 0. The van der Waals surface area contributed by atoms with Gasteiger partial charge in [-0.1, -0.05) is 50.2 Å². The van der Waals surface area contributed by atoms with Crippen LogP contribution in [0.4, 0.5) is 0 Å². The Morgan fingerprint density at radius 3 is 2.37 bits per heavy atom. The maximum atomic E-state index is 5.89. The smallest absolute Gasteiger partial charge is 0.118 e. The highest BCUT2D eigenvalue weighted by atomic mass is 28.1. The summed E-state index contributed by atoms with van der Waals surface area (Å²) in [6.07, 6.45) is 0. The molecule has 0 atom stereocenters. The van der Waals surface area contributed by atoms with Crippen LogP contribution >= 0.6 is 0 Å². The van der Waals surface area contributed by atoms with Gasteiger partial charge in [-0.3, -0.25) is 0 Å². The number of hydrogen-bond donors (Lipinski definition) is 0. The molecule has 97 valence electrons. The van der Waals surface area contributed by atoms with Crippen molar-refractivity contribution in [1.82, 2.24) is 0 Å². The summed E-state index contributed by atoms with van der Waals surface area (Å²) in [5.41, 5.74) is 3.60. The quantitative estimate of drug-likeness (QED) is 0.771. The first-order valence-electron chi connectivity index (χ1n) is 6.62. The van der Waals surface area contributed by atoms with Gasteiger partial charge in [0.25, 0.3) is 0 Å². The molecule has 0 fully saturated rings. The molecule has 2 rings (SSSR count). The van der Waals surface area contributed by atoms with Crippen LogP contribution in [0.15, 0.2) is 42.5 Å². The van der Waals surface area contributed by atoms with Crippen molar-refractivity contribution in [1.29, 1.82) is 0 Å². The Hall–Kier alpha value is -1.54. The monoisotopic (exact) mass is 267 g/mol. The molecule has 0 aliphatic heterocycles. The second kappa shape index (κ2) is 6.07. The zero-order valence-electron chi connectivity index (χ0n) is 11.7. The van der Waals surface area contributed by atoms with Gasteiger partial charge >= 0.3 is 0 Å². The third kappa shape index (κ3) is 3.48. The first-order chi connectivity index (χ1) is 9.08. The fraction of sp³-hybridized carbons (Fsp3) is 0.294. The Kier molecular flexibility index (Phi) is 4.43. The lowest BCUT2D eigenvalue weighted by Gasteiger charge is -2.15. The normalized spacial score (nSPS) is 10.8. The highest BCUT2D eigenvalue weighted by Crippen LogP contribution is 2.24. The lowest BCUT2D eigenvalue weighted by Crippen LogP contribution is -2.15. The van der Waals surface area contributed by atoms with Crippen molar-refractivity contribution in [3.8, 4) is 16.9 Å². The van der Waals surface area contributed by atoms with Crippen LogP contribution in [-0.2, 0) is 0 Å². The summed E-state index contributed by atoms with van der Waals surface area (Å²) in [7, 11) is 3.67. The zero-order chi connectivity index (χ0) is 13.8. The molecule has 0 heterocycles. The Labute approximate surface area is 119 Å². The van der Waals surface area contributed by atoms with Gasteiger partial charge in [-0.05, 0) is 40.8 Å². The molecule has 0 saturated carbocycles. The summed E-state index contributed by atoms with van der Waals surface area (Å²) < 4.78 is 5.89. The highest BCUT2D eigenvalue weighted by Gasteiger charge is 2.08. The summed E-state index contributed by atoms with van der Waals surface area (Å²) in [6.45, 7) is 7.13. The molecule has 0 spiro atoms. The first kappa shape index (κ1) is 13.9. The highest BCUT2D eigenvalue weighted by molar-refractivity contribution is 6.35. The molecule has 2 aromatic rings. The van der Waals surface area contributed by atoms with Crippen LogP contribution in [-0.4, -0.2) is 16.8 Å². The van der Waals surface area contributed by atoms with E-state index < -0.39 is 0 Å². The van der Waals surface area contributed by atoms with Gasteiger partial charge in [0.2, 0.25) is 0 Å². The van der Waals surface area contributed by atoms with Crippen molar-refractivity contribution >= 4 is 15.4 Å². The van der Waals surface area contributed by atoms with E-state index in [0.29, 0.717) is 5.92 Å². The molecule has 0 aromatic heterocycles. The van der Waals surface area contributed by atoms with E-state index in [2.05, 4.69) is 67.4 Å². The summed E-state index contributed by atoms with van der Waals surface area (Å²) in [5, 5.41) is 1.04. The third-order valence-corrected chi connectivity index (χ3v) is 3.62. The molecular weight excluding hydrogens is 248 g/mol. The lowest BCUT2D eigenvalue weighted by atomic mass is 10.0. The molecule has 19 heavy (non-hydrogen) atoms. The van der Waals surface area contributed by atoms with E-state index in [1.807, 2.05) is 6.07 Å². The SMILES string of the molecule is Cc1cc(-c2ccccc2)cc(OCC(C)C)c1[Si]. The Balaban J connectivity index is 2.36. The fourth-order valence-electron chi connectivity index (χ4n) is 1.92. The average Bonchev–Trinajstić information content (AvgIpc) is 2.41. The topological polar surface area (TPSA) is 9.23 Å². The van der Waals surface area contributed by atoms with Gasteiger partial charge in [0, 0.05) is 0 Å². The molecule has 0 N–H and O–H groups in total. The Bertz CT molecular complexity index is 547. The molecular formula is C17H19OSi. The van der Waals surface area contributed by atoms with E-state index in [9.17, 15) is 0 Å². The van der Waals surface area contributed by atoms with Crippen molar-refractivity contribution in [2.24, 2.45) is 5.92 Å². The minimum absolute atomic E-state index is 0.520. The molecule has 2 aromatic carbocycles. The fourth-order valence-corrected chi connectivity index (χ4v) is 2.14. The minimum atomic E-state index is 0.520. The van der Waals surface area contributed by atoms with Gasteiger partial charge in [0.15, 0.2) is 0 Å². The number of benzene rings is 2. The Morgan fingerprint density at radius 2 is 1.74 bits per heavy atom. The van der Waals surface area contributed by atoms with Gasteiger partial charge in [0.05, 0.1) is 16.8 Å². The average molecular weight is 267 g/mol. The Morgan fingerprint density at radius 1 is 1.05 bits per heavy atom. The van der Waals surface area contributed by atoms with Gasteiger partial charge in [-0.15, -0.1) is 0 Å². The number of ether oxygens (including phenoxy) is 1. The zero-order valence-corrected chi connectivity index (χ0v) is 12.7. The summed E-state index contributed by atoms with van der Waals surface area (Å²) in [5.74, 6) is 1.44. The molecule has 0 amide bonds. The predicted molar refractivity (Wildman–Crippen MR) is 82.3 cm³/mol. The van der Waals surface area contributed by atoms with Crippen LogP contribution in [0, 0.1) is 12.8 Å². The van der Waals surface area contributed by atoms with E-state index in [1.165, 1.54) is 16.7 Å². The molecule has 0 aliphatic rings. The number of hydrogen-bond acceptors (Lipinski definition) is 1. The predicted octanol–water partition coefficient (Wildman–Crippen LogP) is 3.49. The van der Waals surface area contributed by atoms with Crippen molar-refractivity contribution in [2.75, 3.05) is 6.61 Å². The lowest BCUT2D eigenvalue weighted by molar-refractivity contribution is 0.273. The summed E-state index contributed by atoms with van der Waals surface area (Å²) >= 11 is 0. The minimum Gasteiger partial charge on any atom is -0.493 e. The van der Waals surface area contributed by atoms with Crippen molar-refractivity contribution in [2.45, 2.75) is 20.8 Å². The van der Waals surface area contributed by atoms with E-state index in [-0.39, 0.29) is 0 Å². The van der Waals surface area contributed by atoms with E-state index >= 15 is 0 Å². The molecule has 1 nitrogen and oxygen atoms in total. The first-order valence-corrected chi connectivity index (χ1v) is 7.12. The molecule has 0 unspecified atom stereocenters. The van der Waals surface area contributed by atoms with E-state index in [1.54, 1.807) is 0 Å². The molecule has 3 radical (unpaired) electrons. The van der Waals surface area contributed by atoms with Crippen LogP contribution < -0.4 is 9.92 Å². The number of rotatable bonds is 4. The van der Waals surface area contributed by atoms with E-state index in [4.69, 9.17) is 4.74 Å². The largest absolute Gasteiger partial charge is 0.493 e. The standard InChI is InChI=1S/C17H19OSi/c1-12(2)11-18-16-10-15(9-13(3)17(16)19)14-7-5-4-6-8-14/h4-10,12H,11H2,1-3H3. The van der Waals surface area contributed by atoms with Crippen molar-refractivity contribution < 1.29 is 4.74 Å². The van der Waals surface area contributed by atoms with Crippen LogP contribution in [0.25, 0.3) is 11.1 Å². The van der Waals surface area contributed by atoms with Crippen LogP contribution in [0.1, 0.15) is 19.4 Å². The van der Waals surface area contributed by atoms with Gasteiger partial charge < -0.3 is 4.74 Å². The van der Waals surface area contributed by atoms with Crippen molar-refractivity contribution in [3.05, 3.63) is 48.0 Å². The molecule has 0 bridgehead atoms. The summed E-state index contributed by atoms with van der Waals surface area (Å²) in [6, 6.07) is 14.7. The maximum absolute atomic E-state index is 5.89. The second-order valence-electron chi connectivity index (χ2n) is 5.24. The third-order valence-electron chi connectivity index (χ3n) is 2.98. The van der Waals surface area contributed by atoms with Crippen LogP contribution in [0.3, 0.4) is 0 Å². The van der Waals surface area contributed by atoms with Crippen LogP contribution in [0.5, 0.6) is 5.75 Å². The van der Waals surface area contributed by atoms with E-state index in [0.717, 1.165) is 17.5 Å². The molecule has 0 aliphatic carbocycles. The van der Waals surface area contributed by atoms with Crippen LogP contribution in [0.2, 0.25) is 0 Å². The molecule has 2 heteroatoms. The number of aryl methyl sites for hydroxylation is 1. The maximum Gasteiger partial charge on any atom is 0.118 e. The van der Waals surface area contributed by atoms with Crippen molar-refractivity contribution in [3.63, 3.8) is 0 Å². The van der Waals surface area contributed by atoms with Gasteiger partial charge in [-0.2, -0.15) is 0 Å². The van der Waals surface area contributed by atoms with Gasteiger partial charge in [-0.25, -0.2) is 0 Å². The second-order valence-corrected chi connectivity index (χ2v) is 5.74. The molecule has 0 saturated heterocycles.